The monoisotopic (exact) mass is 229 g/mol. The van der Waals surface area contributed by atoms with Crippen LogP contribution in [0.1, 0.15) is 29.2 Å². The predicted molar refractivity (Wildman–Crippen MR) is 69.6 cm³/mol. The summed E-state index contributed by atoms with van der Waals surface area (Å²) in [5.74, 6) is 0. The second-order valence-corrected chi connectivity index (χ2v) is 4.58. The van der Waals surface area contributed by atoms with Crippen molar-refractivity contribution in [2.75, 3.05) is 0 Å². The Morgan fingerprint density at radius 2 is 2.24 bits per heavy atom. The van der Waals surface area contributed by atoms with Crippen LogP contribution < -0.4 is 5.73 Å². The summed E-state index contributed by atoms with van der Waals surface area (Å²) >= 11 is 0. The van der Waals surface area contributed by atoms with Crippen molar-refractivity contribution in [3.63, 3.8) is 0 Å². The molecule has 2 N–H and O–H groups in total. The van der Waals surface area contributed by atoms with E-state index in [4.69, 9.17) is 5.73 Å². The average molecular weight is 229 g/mol. The lowest BCUT2D eigenvalue weighted by atomic mass is 10.0. The van der Waals surface area contributed by atoms with Crippen molar-refractivity contribution in [1.29, 1.82) is 0 Å². The van der Waals surface area contributed by atoms with E-state index in [-0.39, 0.29) is 6.04 Å². The van der Waals surface area contributed by atoms with E-state index in [0.717, 1.165) is 18.4 Å². The van der Waals surface area contributed by atoms with E-state index in [0.29, 0.717) is 0 Å². The van der Waals surface area contributed by atoms with Gasteiger partial charge in [0.1, 0.15) is 0 Å². The first-order valence-corrected chi connectivity index (χ1v) is 5.95. The number of nitrogens with two attached hydrogens (primary N) is 1. The van der Waals surface area contributed by atoms with Crippen LogP contribution in [0.3, 0.4) is 0 Å². The Hall–Kier alpha value is -1.61. The minimum atomic E-state index is 0.0733. The zero-order valence-corrected chi connectivity index (χ0v) is 10.4. The van der Waals surface area contributed by atoms with Gasteiger partial charge < -0.3 is 5.73 Å². The topological polar surface area (TPSA) is 43.8 Å². The van der Waals surface area contributed by atoms with Crippen molar-refractivity contribution in [1.82, 2.24) is 9.78 Å². The van der Waals surface area contributed by atoms with Gasteiger partial charge in [-0.05, 0) is 25.3 Å². The standard InChI is InChI=1S/C14H19N3/c1-11-4-3-5-12(8-11)6-7-14(15)13-9-16-17(2)10-13/h3-5,8-10,14H,6-7,15H2,1-2H3. The SMILES string of the molecule is Cc1cccc(CCC(N)c2cnn(C)c2)c1. The first-order chi connectivity index (χ1) is 8.15. The van der Waals surface area contributed by atoms with Crippen LogP contribution in [0.4, 0.5) is 0 Å². The van der Waals surface area contributed by atoms with E-state index in [1.807, 2.05) is 19.4 Å². The second-order valence-electron chi connectivity index (χ2n) is 4.58. The quantitative estimate of drug-likeness (QED) is 0.874. The highest BCUT2D eigenvalue weighted by Gasteiger charge is 2.08. The minimum Gasteiger partial charge on any atom is -0.324 e. The molecule has 0 spiro atoms. The summed E-state index contributed by atoms with van der Waals surface area (Å²) in [4.78, 5) is 0. The maximum Gasteiger partial charge on any atom is 0.0537 e. The zero-order chi connectivity index (χ0) is 12.3. The molecule has 0 aliphatic carbocycles. The molecular formula is C14H19N3. The normalized spacial score (nSPS) is 12.6. The molecule has 90 valence electrons. The lowest BCUT2D eigenvalue weighted by Crippen LogP contribution is -2.10. The molecular weight excluding hydrogens is 210 g/mol. The van der Waals surface area contributed by atoms with Gasteiger partial charge in [0, 0.05) is 24.8 Å². The van der Waals surface area contributed by atoms with Gasteiger partial charge in [0.05, 0.1) is 6.20 Å². The van der Waals surface area contributed by atoms with Gasteiger partial charge in [-0.2, -0.15) is 5.10 Å². The lowest BCUT2D eigenvalue weighted by molar-refractivity contribution is 0.650. The average Bonchev–Trinajstić information content (AvgIpc) is 2.73. The van der Waals surface area contributed by atoms with E-state index < -0.39 is 0 Å². The molecule has 0 fully saturated rings. The molecule has 1 unspecified atom stereocenters. The molecule has 0 amide bonds. The van der Waals surface area contributed by atoms with Crippen molar-refractivity contribution in [3.05, 3.63) is 53.3 Å². The fourth-order valence-electron chi connectivity index (χ4n) is 1.99. The van der Waals surface area contributed by atoms with E-state index in [1.54, 1.807) is 4.68 Å². The van der Waals surface area contributed by atoms with Gasteiger partial charge >= 0.3 is 0 Å². The number of hydrogen-bond donors (Lipinski definition) is 1. The third-order valence-electron chi connectivity index (χ3n) is 2.98. The number of benzene rings is 1. The van der Waals surface area contributed by atoms with Crippen LogP contribution >= 0.6 is 0 Å². The molecule has 0 radical (unpaired) electrons. The molecule has 0 aliphatic heterocycles. The van der Waals surface area contributed by atoms with E-state index in [9.17, 15) is 0 Å². The van der Waals surface area contributed by atoms with Crippen molar-refractivity contribution in [2.24, 2.45) is 12.8 Å². The first kappa shape index (κ1) is 11.9. The van der Waals surface area contributed by atoms with Gasteiger partial charge in [-0.15, -0.1) is 0 Å². The lowest BCUT2D eigenvalue weighted by Gasteiger charge is -2.09. The Kier molecular flexibility index (Phi) is 3.59. The molecule has 2 aromatic rings. The third-order valence-corrected chi connectivity index (χ3v) is 2.98. The van der Waals surface area contributed by atoms with Crippen LogP contribution in [0.25, 0.3) is 0 Å². The Labute approximate surface area is 102 Å². The molecule has 0 saturated carbocycles. The number of aryl methyl sites for hydroxylation is 3. The van der Waals surface area contributed by atoms with Gasteiger partial charge in [0.2, 0.25) is 0 Å². The van der Waals surface area contributed by atoms with E-state index in [1.165, 1.54) is 11.1 Å². The predicted octanol–water partition coefficient (Wildman–Crippen LogP) is 2.36. The number of rotatable bonds is 4. The molecule has 0 saturated heterocycles. The molecule has 0 aliphatic rings. The van der Waals surface area contributed by atoms with Gasteiger partial charge in [0.15, 0.2) is 0 Å². The van der Waals surface area contributed by atoms with Gasteiger partial charge in [0.25, 0.3) is 0 Å². The fourth-order valence-corrected chi connectivity index (χ4v) is 1.99. The number of aromatic nitrogens is 2. The highest BCUT2D eigenvalue weighted by Crippen LogP contribution is 2.16. The molecule has 3 heteroatoms. The molecule has 1 aromatic carbocycles. The van der Waals surface area contributed by atoms with Crippen LogP contribution in [0, 0.1) is 6.92 Å². The van der Waals surface area contributed by atoms with Gasteiger partial charge in [-0.3, -0.25) is 4.68 Å². The Morgan fingerprint density at radius 1 is 1.41 bits per heavy atom. The Bertz CT molecular complexity index is 488. The zero-order valence-electron chi connectivity index (χ0n) is 10.4. The second kappa shape index (κ2) is 5.15. The van der Waals surface area contributed by atoms with Crippen LogP contribution in [-0.4, -0.2) is 9.78 Å². The maximum absolute atomic E-state index is 6.14. The van der Waals surface area contributed by atoms with Crippen molar-refractivity contribution < 1.29 is 0 Å². The molecule has 17 heavy (non-hydrogen) atoms. The summed E-state index contributed by atoms with van der Waals surface area (Å²) in [7, 11) is 1.91. The molecule has 1 heterocycles. The summed E-state index contributed by atoms with van der Waals surface area (Å²) in [6.45, 7) is 2.12. The largest absolute Gasteiger partial charge is 0.324 e. The smallest absolute Gasteiger partial charge is 0.0537 e. The highest BCUT2D eigenvalue weighted by atomic mass is 15.2. The van der Waals surface area contributed by atoms with Gasteiger partial charge in [-0.1, -0.05) is 29.8 Å². The van der Waals surface area contributed by atoms with Crippen LogP contribution in [0.5, 0.6) is 0 Å². The van der Waals surface area contributed by atoms with E-state index >= 15 is 0 Å². The number of nitrogens with zero attached hydrogens (tertiary/aromatic N) is 2. The van der Waals surface area contributed by atoms with Crippen molar-refractivity contribution in [3.8, 4) is 0 Å². The summed E-state index contributed by atoms with van der Waals surface area (Å²) in [6, 6.07) is 8.66. The molecule has 0 bridgehead atoms. The van der Waals surface area contributed by atoms with Crippen LogP contribution in [0.2, 0.25) is 0 Å². The highest BCUT2D eigenvalue weighted by molar-refractivity contribution is 5.22. The molecule has 1 atom stereocenters. The van der Waals surface area contributed by atoms with E-state index in [2.05, 4.69) is 36.3 Å². The van der Waals surface area contributed by atoms with Gasteiger partial charge in [-0.25, -0.2) is 0 Å². The fraction of sp³-hybridized carbons (Fsp3) is 0.357. The van der Waals surface area contributed by atoms with Crippen LogP contribution in [0.15, 0.2) is 36.7 Å². The maximum atomic E-state index is 6.14. The summed E-state index contributed by atoms with van der Waals surface area (Å²) < 4.78 is 1.79. The Morgan fingerprint density at radius 3 is 2.88 bits per heavy atom. The summed E-state index contributed by atoms with van der Waals surface area (Å²) in [6.07, 6.45) is 5.80. The van der Waals surface area contributed by atoms with Crippen LogP contribution in [-0.2, 0) is 13.5 Å². The summed E-state index contributed by atoms with van der Waals surface area (Å²) in [5, 5.41) is 4.14. The number of hydrogen-bond acceptors (Lipinski definition) is 2. The third kappa shape index (κ3) is 3.17. The Balaban J connectivity index is 1.94. The van der Waals surface area contributed by atoms with Crippen molar-refractivity contribution >= 4 is 0 Å². The molecule has 1 aromatic heterocycles. The van der Waals surface area contributed by atoms with Crippen molar-refractivity contribution in [2.45, 2.75) is 25.8 Å². The minimum absolute atomic E-state index is 0.0733. The first-order valence-electron chi connectivity index (χ1n) is 5.95. The molecule has 2 rings (SSSR count). The summed E-state index contributed by atoms with van der Waals surface area (Å²) in [5.41, 5.74) is 9.91. The molecule has 3 nitrogen and oxygen atoms in total.